The Bertz CT molecular complexity index is 897. The third kappa shape index (κ3) is 5.53. The first kappa shape index (κ1) is 23.0. The fourth-order valence-corrected chi connectivity index (χ4v) is 4.77. The molecule has 1 aliphatic heterocycles. The minimum atomic E-state index is -0.310. The zero-order valence-electron chi connectivity index (χ0n) is 19.0. The van der Waals surface area contributed by atoms with E-state index in [9.17, 15) is 9.59 Å². The average molecular weight is 424 g/mol. The maximum absolute atomic E-state index is 11.8. The highest BCUT2D eigenvalue weighted by Gasteiger charge is 2.44. The van der Waals surface area contributed by atoms with Crippen LogP contribution in [0.5, 0.6) is 5.75 Å². The van der Waals surface area contributed by atoms with Crippen molar-refractivity contribution in [1.82, 2.24) is 4.90 Å². The lowest BCUT2D eigenvalue weighted by atomic mass is 9.64. The second-order valence-electron chi connectivity index (χ2n) is 8.70. The van der Waals surface area contributed by atoms with Crippen molar-refractivity contribution in [3.8, 4) is 5.75 Å². The molecule has 3 rings (SSSR count). The molecule has 5 nitrogen and oxygen atoms in total. The summed E-state index contributed by atoms with van der Waals surface area (Å²) in [5, 5.41) is 0. The van der Waals surface area contributed by atoms with Gasteiger partial charge in [-0.3, -0.25) is 14.5 Å². The van der Waals surface area contributed by atoms with Gasteiger partial charge < -0.3 is 9.47 Å². The summed E-state index contributed by atoms with van der Waals surface area (Å²) in [6.45, 7) is 7.62. The Morgan fingerprint density at radius 2 is 1.87 bits per heavy atom. The SMILES string of the molecule is COC(=O)CCN1CC[C@@](C)(c2cccc(OC(C)=O)c2)[C@@H](C)[C@H]1Cc1ccccc1. The summed E-state index contributed by atoms with van der Waals surface area (Å²) in [5.41, 5.74) is 2.40. The molecule has 5 heteroatoms. The summed E-state index contributed by atoms with van der Waals surface area (Å²) < 4.78 is 10.2. The summed E-state index contributed by atoms with van der Waals surface area (Å²) in [4.78, 5) is 25.7. The van der Waals surface area contributed by atoms with Crippen molar-refractivity contribution in [2.45, 2.75) is 51.5 Å². The molecular formula is C26H33NO4. The molecule has 0 bridgehead atoms. The third-order valence-corrected chi connectivity index (χ3v) is 6.84. The van der Waals surface area contributed by atoms with E-state index in [1.165, 1.54) is 25.2 Å². The van der Waals surface area contributed by atoms with Gasteiger partial charge >= 0.3 is 11.9 Å². The molecule has 2 aromatic rings. The Balaban J connectivity index is 1.88. The van der Waals surface area contributed by atoms with Gasteiger partial charge in [0.05, 0.1) is 13.5 Å². The van der Waals surface area contributed by atoms with Crippen molar-refractivity contribution in [2.75, 3.05) is 20.2 Å². The largest absolute Gasteiger partial charge is 0.469 e. The van der Waals surface area contributed by atoms with E-state index in [4.69, 9.17) is 9.47 Å². The molecule has 2 aromatic carbocycles. The molecule has 166 valence electrons. The number of hydrogen-bond acceptors (Lipinski definition) is 5. The topological polar surface area (TPSA) is 55.8 Å². The summed E-state index contributed by atoms with van der Waals surface area (Å²) in [6, 6.07) is 18.7. The zero-order chi connectivity index (χ0) is 22.4. The smallest absolute Gasteiger partial charge is 0.308 e. The molecule has 0 aliphatic carbocycles. The minimum absolute atomic E-state index is 0.0721. The Morgan fingerprint density at radius 3 is 2.55 bits per heavy atom. The number of likely N-dealkylation sites (tertiary alicyclic amines) is 1. The lowest BCUT2D eigenvalue weighted by Gasteiger charge is -2.51. The van der Waals surface area contributed by atoms with Crippen molar-refractivity contribution < 1.29 is 19.1 Å². The highest BCUT2D eigenvalue weighted by atomic mass is 16.5. The molecule has 0 unspecified atom stereocenters. The van der Waals surface area contributed by atoms with E-state index in [0.717, 1.165) is 19.4 Å². The van der Waals surface area contributed by atoms with Crippen LogP contribution in [0.15, 0.2) is 54.6 Å². The van der Waals surface area contributed by atoms with Crippen molar-refractivity contribution in [2.24, 2.45) is 5.92 Å². The Morgan fingerprint density at radius 1 is 1.13 bits per heavy atom. The molecule has 0 amide bonds. The summed E-state index contributed by atoms with van der Waals surface area (Å²) in [5.74, 6) is 0.432. The van der Waals surface area contributed by atoms with Gasteiger partial charge in [-0.2, -0.15) is 0 Å². The van der Waals surface area contributed by atoms with Gasteiger partial charge in [0.25, 0.3) is 0 Å². The number of hydrogen-bond donors (Lipinski definition) is 0. The number of ether oxygens (including phenoxy) is 2. The maximum atomic E-state index is 11.8. The van der Waals surface area contributed by atoms with Gasteiger partial charge in [0.1, 0.15) is 5.75 Å². The van der Waals surface area contributed by atoms with Gasteiger partial charge in [-0.1, -0.05) is 56.3 Å². The first-order valence-electron chi connectivity index (χ1n) is 11.0. The van der Waals surface area contributed by atoms with Crippen molar-refractivity contribution >= 4 is 11.9 Å². The number of carbonyl (C=O) groups excluding carboxylic acids is 2. The molecule has 3 atom stereocenters. The molecule has 0 aromatic heterocycles. The average Bonchev–Trinajstić information content (AvgIpc) is 2.76. The monoisotopic (exact) mass is 423 g/mol. The molecule has 31 heavy (non-hydrogen) atoms. The molecule has 0 radical (unpaired) electrons. The van der Waals surface area contributed by atoms with Gasteiger partial charge in [0, 0.05) is 19.5 Å². The number of rotatable bonds is 7. The Kier molecular flexibility index (Phi) is 7.50. The van der Waals surface area contributed by atoms with E-state index in [-0.39, 0.29) is 23.4 Å². The van der Waals surface area contributed by atoms with Crippen LogP contribution in [-0.4, -0.2) is 43.1 Å². The van der Waals surface area contributed by atoms with Crippen LogP contribution in [0.4, 0.5) is 0 Å². The van der Waals surface area contributed by atoms with Crippen LogP contribution < -0.4 is 4.74 Å². The van der Waals surface area contributed by atoms with E-state index in [0.29, 0.717) is 24.6 Å². The number of carbonyl (C=O) groups is 2. The zero-order valence-corrected chi connectivity index (χ0v) is 19.0. The summed E-state index contributed by atoms with van der Waals surface area (Å²) in [6.07, 6.45) is 2.28. The van der Waals surface area contributed by atoms with Crippen LogP contribution in [0.25, 0.3) is 0 Å². The molecular weight excluding hydrogens is 390 g/mol. The van der Waals surface area contributed by atoms with Gasteiger partial charge in [-0.15, -0.1) is 0 Å². The molecule has 1 fully saturated rings. The molecule has 0 spiro atoms. The molecule has 1 heterocycles. The van der Waals surface area contributed by atoms with Crippen LogP contribution in [0.1, 0.15) is 44.7 Å². The van der Waals surface area contributed by atoms with E-state index in [1.807, 2.05) is 24.3 Å². The third-order valence-electron chi connectivity index (χ3n) is 6.84. The van der Waals surface area contributed by atoms with Crippen LogP contribution in [0.2, 0.25) is 0 Å². The fraction of sp³-hybridized carbons (Fsp3) is 0.462. The van der Waals surface area contributed by atoms with E-state index < -0.39 is 0 Å². The second kappa shape index (κ2) is 10.1. The van der Waals surface area contributed by atoms with E-state index in [2.05, 4.69) is 49.1 Å². The predicted octanol–water partition coefficient (Wildman–Crippen LogP) is 4.39. The van der Waals surface area contributed by atoms with Crippen molar-refractivity contribution in [3.05, 3.63) is 65.7 Å². The number of benzene rings is 2. The van der Waals surface area contributed by atoms with E-state index in [1.54, 1.807) is 0 Å². The lowest BCUT2D eigenvalue weighted by Crippen LogP contribution is -2.55. The first-order valence-corrected chi connectivity index (χ1v) is 11.0. The van der Waals surface area contributed by atoms with Crippen molar-refractivity contribution in [1.29, 1.82) is 0 Å². The number of methoxy groups -OCH3 is 1. The lowest BCUT2D eigenvalue weighted by molar-refractivity contribution is -0.141. The quantitative estimate of drug-likeness (QED) is 0.488. The highest BCUT2D eigenvalue weighted by Crippen LogP contribution is 2.44. The molecule has 0 saturated carbocycles. The van der Waals surface area contributed by atoms with Gasteiger partial charge in [0.2, 0.25) is 0 Å². The number of esters is 2. The normalized spacial score (nSPS) is 23.9. The van der Waals surface area contributed by atoms with Gasteiger partial charge in [-0.25, -0.2) is 0 Å². The molecule has 1 aliphatic rings. The minimum Gasteiger partial charge on any atom is -0.469 e. The number of piperidine rings is 1. The van der Waals surface area contributed by atoms with E-state index >= 15 is 0 Å². The predicted molar refractivity (Wildman–Crippen MR) is 121 cm³/mol. The molecule has 1 saturated heterocycles. The van der Waals surface area contributed by atoms with Crippen LogP contribution in [0, 0.1) is 5.92 Å². The van der Waals surface area contributed by atoms with Crippen LogP contribution in [-0.2, 0) is 26.2 Å². The Hall–Kier alpha value is -2.66. The maximum Gasteiger partial charge on any atom is 0.308 e. The Labute approximate surface area is 185 Å². The second-order valence-corrected chi connectivity index (χ2v) is 8.70. The standard InChI is InChI=1S/C26H33NO4/c1-19-24(17-21-9-6-5-7-10-21)27(15-13-25(29)30-4)16-14-26(19,3)22-11-8-12-23(18-22)31-20(2)28/h5-12,18-19,24H,13-17H2,1-4H3/t19-,24+,26+/m0/s1. The molecule has 0 N–H and O–H groups in total. The van der Waals surface area contributed by atoms with Gasteiger partial charge in [-0.05, 0) is 54.0 Å². The van der Waals surface area contributed by atoms with Crippen LogP contribution in [0.3, 0.4) is 0 Å². The first-order chi connectivity index (χ1) is 14.8. The van der Waals surface area contributed by atoms with Gasteiger partial charge in [0.15, 0.2) is 0 Å². The summed E-state index contributed by atoms with van der Waals surface area (Å²) >= 11 is 0. The van der Waals surface area contributed by atoms with Crippen molar-refractivity contribution in [3.63, 3.8) is 0 Å². The number of nitrogens with zero attached hydrogens (tertiary/aromatic N) is 1. The highest BCUT2D eigenvalue weighted by molar-refractivity contribution is 5.69. The van der Waals surface area contributed by atoms with Crippen LogP contribution >= 0.6 is 0 Å². The summed E-state index contributed by atoms with van der Waals surface area (Å²) in [7, 11) is 1.44. The fourth-order valence-electron chi connectivity index (χ4n) is 4.77.